The largest absolute Gasteiger partial charge is 0.461 e. The number of nitrogens with zero attached hydrogens (tertiary/aromatic N) is 6. The zero-order valence-electron chi connectivity index (χ0n) is 48.3. The van der Waals surface area contributed by atoms with Crippen LogP contribution in [0.25, 0.3) is 53.6 Å². The fraction of sp³-hybridized carbons (Fsp3) is 0.246. The van der Waals surface area contributed by atoms with Crippen LogP contribution in [0.1, 0.15) is 131 Å². The lowest BCUT2D eigenvalue weighted by molar-refractivity contribution is 0.0516. The average Bonchev–Trinajstić information content (AvgIpc) is 3.47. The maximum atomic E-state index is 12.9. The van der Waals surface area contributed by atoms with Crippen LogP contribution < -0.4 is 5.32 Å². The minimum absolute atomic E-state index is 0.174. The molecule has 10 aromatic rings. The molecule has 0 saturated heterocycles. The van der Waals surface area contributed by atoms with Gasteiger partial charge < -0.3 is 14.8 Å². The van der Waals surface area contributed by atoms with Crippen LogP contribution in [-0.4, -0.2) is 66.7 Å². The highest BCUT2D eigenvalue weighted by molar-refractivity contribution is 9.10. The number of benzene rings is 4. The van der Waals surface area contributed by atoms with Crippen molar-refractivity contribution in [2.24, 2.45) is 0 Å². The maximum absolute atomic E-state index is 12.9. The van der Waals surface area contributed by atoms with Crippen molar-refractivity contribution in [3.8, 4) is 53.6 Å². The van der Waals surface area contributed by atoms with Crippen LogP contribution in [0.4, 0.5) is 5.69 Å². The van der Waals surface area contributed by atoms with E-state index in [2.05, 4.69) is 129 Å². The minimum atomic E-state index is -0.328. The molecule has 4 aromatic carbocycles. The molecular weight excluding hydrogens is 1280 g/mol. The quantitative estimate of drug-likeness (QED) is 0.143. The summed E-state index contributed by atoms with van der Waals surface area (Å²) in [5.41, 5.74) is 18.8. The van der Waals surface area contributed by atoms with Crippen LogP contribution in [-0.2, 0) is 54.4 Å². The average molecular weight is 1340 g/mol. The van der Waals surface area contributed by atoms with Gasteiger partial charge in [-0.1, -0.05) is 80.4 Å². The van der Waals surface area contributed by atoms with E-state index >= 15 is 0 Å². The lowest BCUT2D eigenvalue weighted by Crippen LogP contribution is -2.12. The summed E-state index contributed by atoms with van der Waals surface area (Å²) >= 11 is 11.2. The molecule has 6 aromatic heterocycles. The topological polar surface area (TPSA) is 176 Å². The monoisotopic (exact) mass is 1340 g/mol. The highest BCUT2D eigenvalue weighted by atomic mass is 79.9. The van der Waals surface area contributed by atoms with Gasteiger partial charge in [-0.3, -0.25) is 24.5 Å². The van der Waals surface area contributed by atoms with Gasteiger partial charge in [-0.05, 0) is 202 Å². The van der Waals surface area contributed by atoms with Gasteiger partial charge in [0.2, 0.25) is 10.0 Å². The molecule has 4 aliphatic carbocycles. The SMILES string of the molecule is CCOC(=O)c1nc2c(s1)-c1cc(-c3cccnc3)ccc1CCC2.CCOC(=O)c1nc2c(s1)-c1cc(Br)ccc1CCC2.Cc1cnccc1NC(=O)c1nc2c(s1)-c1cc(-c3cccnc3)ccc1CCC2.O=C1CCCc2ccc(Br)cc21. The number of ether oxygens (including phenoxy) is 2. The normalized spacial score (nSPS) is 13.3. The molecule has 0 radical (unpaired) electrons. The number of thiazole rings is 3. The first-order chi connectivity index (χ1) is 42.4. The van der Waals surface area contributed by atoms with Gasteiger partial charge in [-0.15, -0.1) is 34.0 Å². The van der Waals surface area contributed by atoms with Gasteiger partial charge in [-0.25, -0.2) is 24.5 Å². The van der Waals surface area contributed by atoms with Crippen LogP contribution in [0.5, 0.6) is 0 Å². The molecule has 0 fully saturated rings. The Morgan fingerprint density at radius 3 is 1.38 bits per heavy atom. The molecule has 14 rings (SSSR count). The minimum Gasteiger partial charge on any atom is -0.461 e. The molecule has 0 unspecified atom stereocenters. The summed E-state index contributed by atoms with van der Waals surface area (Å²) in [6.07, 6.45) is 22.4. The molecule has 0 atom stereocenters. The number of ketones is 1. The maximum Gasteiger partial charge on any atom is 0.367 e. The highest BCUT2D eigenvalue weighted by Crippen LogP contribution is 2.42. The number of aromatic nitrogens is 6. The van der Waals surface area contributed by atoms with Crippen LogP contribution in [0.15, 0.2) is 149 Å². The number of carbonyl (C=O) groups excluding carboxylic acids is 4. The Balaban J connectivity index is 0.000000125. The number of hydrogen-bond acceptors (Lipinski definition) is 15. The predicted molar refractivity (Wildman–Crippen MR) is 353 cm³/mol. The summed E-state index contributed by atoms with van der Waals surface area (Å²) in [7, 11) is 0. The molecule has 0 saturated carbocycles. The third-order valence-corrected chi connectivity index (χ3v) is 19.6. The standard InChI is InChI=1S/C24H20N4OS.C20H18N2O2S.C15H14BrNO2S.C10H9BrO/c1-15-13-26-11-9-20(15)27-23(29)24-28-21-6-2-4-16-7-8-17(12-19(16)22(21)30-24)18-5-3-10-25-14-18;1-2-24-20(23)19-22-17-7-3-5-13-8-9-14(11-16(13)18(17)25-19)15-6-4-10-21-12-15;1-2-19-15(18)14-17-12-5-3-4-9-6-7-10(16)8-11(9)13(12)20-14;11-8-5-4-7-2-1-3-10(12)9(7)6-8/h3,5,7-14H,2,4,6H2,1H3,(H,26,27,29);4,6,8-12H,2-3,5,7H2,1H3;6-8H,2-5H2,1H3;4-6H,1-3H2. The molecule has 87 heavy (non-hydrogen) atoms. The first-order valence-electron chi connectivity index (χ1n) is 29.1. The molecule has 0 spiro atoms. The van der Waals surface area contributed by atoms with Crippen molar-refractivity contribution in [1.29, 1.82) is 0 Å². The number of rotatable bonds is 8. The smallest absolute Gasteiger partial charge is 0.367 e. The van der Waals surface area contributed by atoms with Gasteiger partial charge in [0.15, 0.2) is 10.8 Å². The number of nitrogens with one attached hydrogen (secondary N) is 1. The highest BCUT2D eigenvalue weighted by Gasteiger charge is 2.27. The van der Waals surface area contributed by atoms with E-state index in [0.29, 0.717) is 34.7 Å². The van der Waals surface area contributed by atoms with Crippen molar-refractivity contribution >= 4 is 95.2 Å². The number of amides is 1. The third-order valence-electron chi connectivity index (χ3n) is 15.3. The van der Waals surface area contributed by atoms with Gasteiger partial charge in [0.25, 0.3) is 5.91 Å². The lowest BCUT2D eigenvalue weighted by Gasteiger charge is -2.13. The number of hydrogen-bond donors (Lipinski definition) is 1. The fourth-order valence-electron chi connectivity index (χ4n) is 11.0. The summed E-state index contributed by atoms with van der Waals surface area (Å²) in [5, 5.41) is 4.38. The van der Waals surface area contributed by atoms with Gasteiger partial charge in [0.05, 0.1) is 44.9 Å². The van der Waals surface area contributed by atoms with Crippen LogP contribution in [0.3, 0.4) is 0 Å². The summed E-state index contributed by atoms with van der Waals surface area (Å²) < 4.78 is 12.2. The lowest BCUT2D eigenvalue weighted by atomic mass is 9.91. The van der Waals surface area contributed by atoms with Crippen molar-refractivity contribution in [3.05, 3.63) is 215 Å². The number of fused-ring (bicyclic) bond motifs is 10. The number of Topliss-reactive ketones (excluding diaryl/α,β-unsaturated/α-hetero) is 1. The van der Waals surface area contributed by atoms with Crippen LogP contribution in [0.2, 0.25) is 0 Å². The summed E-state index contributed by atoms with van der Waals surface area (Å²) in [4.78, 5) is 77.8. The van der Waals surface area contributed by atoms with E-state index in [4.69, 9.17) is 14.5 Å². The summed E-state index contributed by atoms with van der Waals surface area (Å²) in [5.74, 6) is -0.530. The van der Waals surface area contributed by atoms with Crippen LogP contribution in [0, 0.1) is 6.92 Å². The number of carbonyl (C=O) groups is 4. The molecule has 18 heteroatoms. The van der Waals surface area contributed by atoms with E-state index in [9.17, 15) is 19.2 Å². The van der Waals surface area contributed by atoms with Crippen LogP contribution >= 0.6 is 65.9 Å². The number of aryl methyl sites for hydroxylation is 8. The Labute approximate surface area is 534 Å². The first kappa shape index (κ1) is 60.9. The van der Waals surface area contributed by atoms with Crippen molar-refractivity contribution in [3.63, 3.8) is 0 Å². The van der Waals surface area contributed by atoms with E-state index in [0.717, 1.165) is 150 Å². The van der Waals surface area contributed by atoms with E-state index in [-0.39, 0.29) is 23.6 Å². The molecule has 1 amide bonds. The Bertz CT molecular complexity index is 4170. The van der Waals surface area contributed by atoms with Gasteiger partial charge in [0.1, 0.15) is 0 Å². The van der Waals surface area contributed by atoms with Crippen molar-refractivity contribution < 1.29 is 28.7 Å². The Morgan fingerprint density at radius 2 is 0.908 bits per heavy atom. The molecule has 440 valence electrons. The van der Waals surface area contributed by atoms with E-state index in [1.807, 2.05) is 63.5 Å². The molecule has 6 heterocycles. The zero-order valence-corrected chi connectivity index (χ0v) is 53.9. The Morgan fingerprint density at radius 1 is 0.483 bits per heavy atom. The van der Waals surface area contributed by atoms with Crippen molar-refractivity contribution in [1.82, 2.24) is 29.9 Å². The fourth-order valence-corrected chi connectivity index (χ4v) is 14.9. The Hall–Kier alpha value is -7.74. The van der Waals surface area contributed by atoms with E-state index in [1.54, 1.807) is 30.9 Å². The molecule has 1 N–H and O–H groups in total. The number of anilines is 1. The van der Waals surface area contributed by atoms with Gasteiger partial charge >= 0.3 is 11.9 Å². The second kappa shape index (κ2) is 28.4. The summed E-state index contributed by atoms with van der Waals surface area (Å²) in [6.45, 7) is 6.29. The predicted octanol–water partition coefficient (Wildman–Crippen LogP) is 17.1. The Kier molecular flexibility index (Phi) is 19.9. The molecule has 4 aliphatic rings. The first-order valence-corrected chi connectivity index (χ1v) is 33.2. The third kappa shape index (κ3) is 14.5. The summed E-state index contributed by atoms with van der Waals surface area (Å²) in [6, 6.07) is 35.2. The van der Waals surface area contributed by atoms with Crippen molar-refractivity contribution in [2.75, 3.05) is 18.5 Å². The van der Waals surface area contributed by atoms with E-state index in [1.165, 1.54) is 73.0 Å². The zero-order chi connectivity index (χ0) is 60.4. The number of esters is 2. The van der Waals surface area contributed by atoms with Gasteiger partial charge in [0, 0.05) is 74.9 Å². The molecule has 0 bridgehead atoms. The van der Waals surface area contributed by atoms with E-state index < -0.39 is 0 Å². The number of halogens is 2. The van der Waals surface area contributed by atoms with Crippen molar-refractivity contribution in [2.45, 2.75) is 97.8 Å². The second-order valence-electron chi connectivity index (χ2n) is 21.1. The number of pyridine rings is 3. The van der Waals surface area contributed by atoms with Gasteiger partial charge in [-0.2, -0.15) is 0 Å². The molecule has 13 nitrogen and oxygen atoms in total. The molecular formula is C69H61Br2N7O6S3. The molecule has 0 aliphatic heterocycles. The second-order valence-corrected chi connectivity index (χ2v) is 26.0.